The maximum absolute atomic E-state index is 9.72. The lowest BCUT2D eigenvalue weighted by atomic mass is 10.2. The molecule has 2 rings (SSSR count). The van der Waals surface area contributed by atoms with Crippen LogP contribution in [0.15, 0.2) is 0 Å². The van der Waals surface area contributed by atoms with Crippen LogP contribution in [0.4, 0.5) is 11.6 Å². The number of ether oxygens (including phenoxy) is 1. The van der Waals surface area contributed by atoms with Crippen LogP contribution in [0.3, 0.4) is 0 Å². The van der Waals surface area contributed by atoms with Gasteiger partial charge < -0.3 is 20.5 Å². The third kappa shape index (κ3) is 3.80. The van der Waals surface area contributed by atoms with Crippen LogP contribution in [0.2, 0.25) is 0 Å². The van der Waals surface area contributed by atoms with Gasteiger partial charge in [0.1, 0.15) is 17.5 Å². The molecular formula is C14H24N4O2. The molecule has 0 bridgehead atoms. The van der Waals surface area contributed by atoms with E-state index in [0.29, 0.717) is 19.1 Å². The van der Waals surface area contributed by atoms with E-state index in [1.807, 2.05) is 13.8 Å². The third-order valence-electron chi connectivity index (χ3n) is 3.31. The van der Waals surface area contributed by atoms with Gasteiger partial charge in [0.15, 0.2) is 0 Å². The molecule has 1 unspecified atom stereocenters. The van der Waals surface area contributed by atoms with E-state index < -0.39 is 6.10 Å². The Morgan fingerprint density at radius 3 is 2.50 bits per heavy atom. The number of anilines is 2. The molecule has 1 aromatic heterocycles. The van der Waals surface area contributed by atoms with Gasteiger partial charge in [0.25, 0.3) is 0 Å². The number of hydrogen-bond acceptors (Lipinski definition) is 6. The Bertz CT molecular complexity index is 449. The maximum Gasteiger partial charge on any atom is 0.136 e. The van der Waals surface area contributed by atoms with Crippen molar-refractivity contribution in [1.29, 1.82) is 0 Å². The summed E-state index contributed by atoms with van der Waals surface area (Å²) in [7, 11) is 1.58. The van der Waals surface area contributed by atoms with Crippen LogP contribution in [0, 0.1) is 6.92 Å². The van der Waals surface area contributed by atoms with E-state index in [1.165, 1.54) is 12.8 Å². The van der Waals surface area contributed by atoms with Gasteiger partial charge in [0.2, 0.25) is 0 Å². The topological polar surface area (TPSA) is 79.3 Å². The minimum Gasteiger partial charge on any atom is -0.389 e. The average Bonchev–Trinajstić information content (AvgIpc) is 3.24. The zero-order chi connectivity index (χ0) is 14.5. The highest BCUT2D eigenvalue weighted by atomic mass is 16.5. The fourth-order valence-electron chi connectivity index (χ4n) is 2.04. The summed E-state index contributed by atoms with van der Waals surface area (Å²) in [4.78, 5) is 9.19. The van der Waals surface area contributed by atoms with Crippen molar-refractivity contribution in [3.8, 4) is 0 Å². The number of methoxy groups -OCH3 is 1. The van der Waals surface area contributed by atoms with Crippen LogP contribution in [0.25, 0.3) is 0 Å². The second kappa shape index (κ2) is 6.85. The van der Waals surface area contributed by atoms with Crippen molar-refractivity contribution in [3.63, 3.8) is 0 Å². The van der Waals surface area contributed by atoms with E-state index in [4.69, 9.17) is 4.74 Å². The fraction of sp³-hybridized carbons (Fsp3) is 0.714. The molecule has 0 saturated heterocycles. The van der Waals surface area contributed by atoms with Gasteiger partial charge in [-0.3, -0.25) is 0 Å². The number of aromatic nitrogens is 2. The van der Waals surface area contributed by atoms with Crippen LogP contribution in [0.5, 0.6) is 0 Å². The van der Waals surface area contributed by atoms with Gasteiger partial charge in [-0.1, -0.05) is 0 Å². The highest BCUT2D eigenvalue weighted by Crippen LogP contribution is 2.39. The Kier molecular flexibility index (Phi) is 5.14. The van der Waals surface area contributed by atoms with E-state index in [0.717, 1.165) is 29.6 Å². The summed E-state index contributed by atoms with van der Waals surface area (Å²) in [6, 6.07) is 0. The largest absolute Gasteiger partial charge is 0.389 e. The van der Waals surface area contributed by atoms with E-state index in [9.17, 15) is 5.11 Å². The van der Waals surface area contributed by atoms with Crippen molar-refractivity contribution in [1.82, 2.24) is 9.97 Å². The predicted octanol–water partition coefficient (Wildman–Crippen LogP) is 1.51. The Labute approximate surface area is 120 Å². The van der Waals surface area contributed by atoms with Gasteiger partial charge in [0, 0.05) is 31.7 Å². The second-order valence-electron chi connectivity index (χ2n) is 5.20. The molecule has 0 aromatic carbocycles. The Hall–Kier alpha value is -1.40. The van der Waals surface area contributed by atoms with Gasteiger partial charge in [-0.2, -0.15) is 0 Å². The zero-order valence-corrected chi connectivity index (χ0v) is 12.4. The predicted molar refractivity (Wildman–Crippen MR) is 79.3 cm³/mol. The molecule has 0 amide bonds. The first-order valence-corrected chi connectivity index (χ1v) is 7.19. The van der Waals surface area contributed by atoms with Crippen LogP contribution in [-0.4, -0.2) is 48.0 Å². The number of nitrogens with one attached hydrogen (secondary N) is 2. The molecule has 0 aliphatic heterocycles. The van der Waals surface area contributed by atoms with Crippen molar-refractivity contribution in [2.24, 2.45) is 0 Å². The van der Waals surface area contributed by atoms with Crippen molar-refractivity contribution in [2.45, 2.75) is 38.7 Å². The number of rotatable bonds is 8. The van der Waals surface area contributed by atoms with Crippen molar-refractivity contribution in [2.75, 3.05) is 37.4 Å². The fourth-order valence-corrected chi connectivity index (χ4v) is 2.04. The molecule has 6 heteroatoms. The van der Waals surface area contributed by atoms with Crippen molar-refractivity contribution < 1.29 is 9.84 Å². The van der Waals surface area contributed by atoms with Gasteiger partial charge in [-0.15, -0.1) is 0 Å². The van der Waals surface area contributed by atoms with Crippen molar-refractivity contribution in [3.05, 3.63) is 11.4 Å². The first-order valence-electron chi connectivity index (χ1n) is 7.19. The number of aliphatic hydroxyl groups is 1. The summed E-state index contributed by atoms with van der Waals surface area (Å²) in [6.07, 6.45) is 1.79. The second-order valence-corrected chi connectivity index (χ2v) is 5.20. The summed E-state index contributed by atoms with van der Waals surface area (Å²) in [5.41, 5.74) is 0.987. The molecule has 1 aliphatic carbocycles. The summed E-state index contributed by atoms with van der Waals surface area (Å²) < 4.78 is 4.92. The van der Waals surface area contributed by atoms with E-state index in [-0.39, 0.29) is 0 Å². The molecule has 112 valence electrons. The first-order chi connectivity index (χ1) is 9.65. The Morgan fingerprint density at radius 1 is 1.30 bits per heavy atom. The molecular weight excluding hydrogens is 256 g/mol. The van der Waals surface area contributed by atoms with Gasteiger partial charge in [-0.25, -0.2) is 9.97 Å². The number of aliphatic hydroxyl groups excluding tert-OH is 1. The van der Waals surface area contributed by atoms with Crippen LogP contribution < -0.4 is 10.6 Å². The Morgan fingerprint density at radius 2 is 1.95 bits per heavy atom. The smallest absolute Gasteiger partial charge is 0.136 e. The molecule has 1 fully saturated rings. The molecule has 1 heterocycles. The maximum atomic E-state index is 9.72. The number of nitrogens with zero attached hydrogens (tertiary/aromatic N) is 2. The van der Waals surface area contributed by atoms with Gasteiger partial charge in [-0.05, 0) is 26.7 Å². The standard InChI is InChI=1S/C14H24N4O2/c1-4-15-12-9(2)13(16-7-11(19)8-20-3)18-14(17-12)10-5-6-10/h10-11,19H,4-8H2,1-3H3,(H2,15,16,17,18). The van der Waals surface area contributed by atoms with E-state index in [2.05, 4.69) is 20.6 Å². The summed E-state index contributed by atoms with van der Waals surface area (Å²) in [5.74, 6) is 3.08. The average molecular weight is 280 g/mol. The molecule has 0 spiro atoms. The highest BCUT2D eigenvalue weighted by Gasteiger charge is 2.28. The molecule has 0 radical (unpaired) electrons. The molecule has 20 heavy (non-hydrogen) atoms. The lowest BCUT2D eigenvalue weighted by Crippen LogP contribution is -2.25. The summed E-state index contributed by atoms with van der Waals surface area (Å²) in [6.45, 7) is 5.59. The molecule has 1 aliphatic rings. The molecule has 1 saturated carbocycles. The lowest BCUT2D eigenvalue weighted by molar-refractivity contribution is 0.0727. The quantitative estimate of drug-likeness (QED) is 0.670. The zero-order valence-electron chi connectivity index (χ0n) is 12.4. The number of hydrogen-bond donors (Lipinski definition) is 3. The minimum atomic E-state index is -0.540. The van der Waals surface area contributed by atoms with E-state index >= 15 is 0 Å². The molecule has 6 nitrogen and oxygen atoms in total. The summed E-state index contributed by atoms with van der Waals surface area (Å²) >= 11 is 0. The van der Waals surface area contributed by atoms with Crippen LogP contribution >= 0.6 is 0 Å². The lowest BCUT2D eigenvalue weighted by Gasteiger charge is -2.16. The van der Waals surface area contributed by atoms with Crippen molar-refractivity contribution >= 4 is 11.6 Å². The summed E-state index contributed by atoms with van der Waals surface area (Å²) in [5, 5.41) is 16.2. The van der Waals surface area contributed by atoms with Crippen LogP contribution in [-0.2, 0) is 4.74 Å². The molecule has 1 aromatic rings. The third-order valence-corrected chi connectivity index (χ3v) is 3.31. The monoisotopic (exact) mass is 280 g/mol. The molecule has 1 atom stereocenters. The van der Waals surface area contributed by atoms with E-state index in [1.54, 1.807) is 7.11 Å². The van der Waals surface area contributed by atoms with Gasteiger partial charge in [0.05, 0.1) is 12.7 Å². The SMILES string of the molecule is CCNc1nc(C2CC2)nc(NCC(O)COC)c1C. The molecule has 3 N–H and O–H groups in total. The normalized spacial score (nSPS) is 16.0. The van der Waals surface area contributed by atoms with Crippen LogP contribution in [0.1, 0.15) is 37.1 Å². The highest BCUT2D eigenvalue weighted by molar-refractivity contribution is 5.57. The van der Waals surface area contributed by atoms with Gasteiger partial charge >= 0.3 is 0 Å². The Balaban J connectivity index is 2.12. The first kappa shape index (κ1) is 15.0. The minimum absolute atomic E-state index is 0.312.